The van der Waals surface area contributed by atoms with Crippen LogP contribution in [-0.2, 0) is 4.79 Å². The lowest BCUT2D eigenvalue weighted by Crippen LogP contribution is -2.56. The summed E-state index contributed by atoms with van der Waals surface area (Å²) < 4.78 is 5.80. The number of nitrogens with zero attached hydrogens (tertiary/aromatic N) is 2. The highest BCUT2D eigenvalue weighted by atomic mass is 35.5. The first-order chi connectivity index (χ1) is 13.7. The van der Waals surface area contributed by atoms with E-state index in [4.69, 9.17) is 16.3 Å². The van der Waals surface area contributed by atoms with E-state index in [1.165, 1.54) is 0 Å². The Kier molecular flexibility index (Phi) is 5.58. The SMILES string of the molecule is O=C(CC(c1ccccc1)c1ccccc1)N1CC(Oc2ncccc2Cl)C1. The molecule has 1 aromatic heterocycles. The molecule has 4 rings (SSSR count). The number of ether oxygens (including phenoxy) is 1. The van der Waals surface area contributed by atoms with Crippen molar-refractivity contribution in [2.24, 2.45) is 0 Å². The van der Waals surface area contributed by atoms with E-state index in [1.807, 2.05) is 41.3 Å². The maximum absolute atomic E-state index is 12.9. The Balaban J connectivity index is 1.40. The summed E-state index contributed by atoms with van der Waals surface area (Å²) in [5.41, 5.74) is 2.30. The average Bonchev–Trinajstić information content (AvgIpc) is 2.71. The maximum Gasteiger partial charge on any atom is 0.232 e. The number of halogens is 1. The normalized spacial score (nSPS) is 14.0. The molecule has 0 N–H and O–H groups in total. The van der Waals surface area contributed by atoms with Crippen LogP contribution in [0.4, 0.5) is 0 Å². The van der Waals surface area contributed by atoms with E-state index < -0.39 is 0 Å². The summed E-state index contributed by atoms with van der Waals surface area (Å²) >= 11 is 6.08. The number of benzene rings is 2. The molecule has 1 fully saturated rings. The van der Waals surface area contributed by atoms with Gasteiger partial charge in [-0.05, 0) is 23.3 Å². The number of amides is 1. The Bertz CT molecular complexity index is 888. The molecule has 1 saturated heterocycles. The molecule has 2 aromatic carbocycles. The lowest BCUT2D eigenvalue weighted by molar-refractivity contribution is -0.140. The Morgan fingerprint density at radius 1 is 1.00 bits per heavy atom. The number of hydrogen-bond donors (Lipinski definition) is 0. The summed E-state index contributed by atoms with van der Waals surface area (Å²) in [6.45, 7) is 1.12. The van der Waals surface area contributed by atoms with Crippen molar-refractivity contribution in [2.75, 3.05) is 13.1 Å². The van der Waals surface area contributed by atoms with Crippen molar-refractivity contribution in [1.82, 2.24) is 9.88 Å². The van der Waals surface area contributed by atoms with Gasteiger partial charge in [-0.15, -0.1) is 0 Å². The van der Waals surface area contributed by atoms with Crippen LogP contribution in [0.5, 0.6) is 5.88 Å². The molecule has 0 spiro atoms. The number of pyridine rings is 1. The highest BCUT2D eigenvalue weighted by Gasteiger charge is 2.34. The molecule has 2 heterocycles. The van der Waals surface area contributed by atoms with Crippen LogP contribution in [0.3, 0.4) is 0 Å². The van der Waals surface area contributed by atoms with Gasteiger partial charge in [0, 0.05) is 18.5 Å². The monoisotopic (exact) mass is 392 g/mol. The van der Waals surface area contributed by atoms with Crippen LogP contribution >= 0.6 is 11.6 Å². The lowest BCUT2D eigenvalue weighted by atomic mass is 9.88. The van der Waals surface area contributed by atoms with Gasteiger partial charge < -0.3 is 9.64 Å². The summed E-state index contributed by atoms with van der Waals surface area (Å²) in [7, 11) is 0. The second kappa shape index (κ2) is 8.44. The highest BCUT2D eigenvalue weighted by Crippen LogP contribution is 2.30. The minimum absolute atomic E-state index is 0.0418. The van der Waals surface area contributed by atoms with Crippen molar-refractivity contribution in [3.8, 4) is 5.88 Å². The van der Waals surface area contributed by atoms with Crippen molar-refractivity contribution in [3.05, 3.63) is 95.1 Å². The second-order valence-corrected chi connectivity index (χ2v) is 7.31. The van der Waals surface area contributed by atoms with Crippen molar-refractivity contribution >= 4 is 17.5 Å². The number of carbonyl (C=O) groups excluding carboxylic acids is 1. The number of aromatic nitrogens is 1. The van der Waals surface area contributed by atoms with Gasteiger partial charge in [0.25, 0.3) is 0 Å². The molecule has 1 aliphatic heterocycles. The minimum Gasteiger partial charge on any atom is -0.470 e. The zero-order valence-electron chi connectivity index (χ0n) is 15.4. The van der Waals surface area contributed by atoms with Crippen LogP contribution in [-0.4, -0.2) is 35.0 Å². The van der Waals surface area contributed by atoms with E-state index in [2.05, 4.69) is 29.2 Å². The highest BCUT2D eigenvalue weighted by molar-refractivity contribution is 6.31. The molecule has 0 radical (unpaired) electrons. The zero-order valence-corrected chi connectivity index (χ0v) is 16.1. The van der Waals surface area contributed by atoms with Crippen LogP contribution in [0.1, 0.15) is 23.5 Å². The zero-order chi connectivity index (χ0) is 19.3. The molecule has 142 valence electrons. The summed E-state index contributed by atoms with van der Waals surface area (Å²) in [4.78, 5) is 18.8. The molecule has 1 amide bonds. The predicted molar refractivity (Wildman–Crippen MR) is 110 cm³/mol. The van der Waals surface area contributed by atoms with Crippen LogP contribution < -0.4 is 4.74 Å². The molecule has 0 unspecified atom stereocenters. The minimum atomic E-state index is -0.0664. The predicted octanol–water partition coefficient (Wildman–Crippen LogP) is 4.55. The fraction of sp³-hybridized carbons (Fsp3) is 0.217. The molecular weight excluding hydrogens is 372 g/mol. The third kappa shape index (κ3) is 4.18. The summed E-state index contributed by atoms with van der Waals surface area (Å²) in [5, 5.41) is 0.487. The maximum atomic E-state index is 12.9. The molecule has 0 bridgehead atoms. The van der Waals surface area contributed by atoms with Gasteiger partial charge >= 0.3 is 0 Å². The van der Waals surface area contributed by atoms with Crippen molar-refractivity contribution in [3.63, 3.8) is 0 Å². The van der Waals surface area contributed by atoms with Crippen LogP contribution in [0, 0.1) is 0 Å². The van der Waals surface area contributed by atoms with E-state index in [0.717, 1.165) is 11.1 Å². The summed E-state index contributed by atoms with van der Waals surface area (Å²) in [6, 6.07) is 23.9. The Morgan fingerprint density at radius 3 is 2.18 bits per heavy atom. The molecule has 1 aliphatic rings. The molecule has 28 heavy (non-hydrogen) atoms. The smallest absolute Gasteiger partial charge is 0.232 e. The molecule has 4 nitrogen and oxygen atoms in total. The van der Waals surface area contributed by atoms with Gasteiger partial charge in [-0.1, -0.05) is 72.3 Å². The van der Waals surface area contributed by atoms with E-state index >= 15 is 0 Å². The molecular formula is C23H21ClN2O2. The first-order valence-corrected chi connectivity index (χ1v) is 9.73. The van der Waals surface area contributed by atoms with Gasteiger partial charge in [-0.2, -0.15) is 0 Å². The first kappa shape index (κ1) is 18.5. The van der Waals surface area contributed by atoms with Crippen molar-refractivity contribution < 1.29 is 9.53 Å². The van der Waals surface area contributed by atoms with Crippen molar-refractivity contribution in [2.45, 2.75) is 18.4 Å². The molecule has 5 heteroatoms. The number of likely N-dealkylation sites (tertiary alicyclic amines) is 1. The van der Waals surface area contributed by atoms with E-state index in [0.29, 0.717) is 30.4 Å². The van der Waals surface area contributed by atoms with Gasteiger partial charge in [0.05, 0.1) is 13.1 Å². The molecule has 0 saturated carbocycles. The van der Waals surface area contributed by atoms with E-state index in [9.17, 15) is 4.79 Å². The van der Waals surface area contributed by atoms with Gasteiger partial charge in [0.2, 0.25) is 11.8 Å². The van der Waals surface area contributed by atoms with Gasteiger partial charge in [0.15, 0.2) is 0 Å². The van der Waals surface area contributed by atoms with Crippen LogP contribution in [0.25, 0.3) is 0 Å². The van der Waals surface area contributed by atoms with E-state index in [1.54, 1.807) is 18.3 Å². The Labute approximate surface area is 169 Å². The number of hydrogen-bond acceptors (Lipinski definition) is 3. The Hall–Kier alpha value is -2.85. The third-order valence-electron chi connectivity index (χ3n) is 4.99. The average molecular weight is 393 g/mol. The standard InChI is InChI=1S/C23H21ClN2O2/c24-21-12-7-13-25-23(21)28-19-15-26(16-19)22(27)14-20(17-8-3-1-4-9-17)18-10-5-2-6-11-18/h1-13,19-20H,14-16H2. The largest absolute Gasteiger partial charge is 0.470 e. The van der Waals surface area contributed by atoms with E-state index in [-0.39, 0.29) is 17.9 Å². The van der Waals surface area contributed by atoms with Gasteiger partial charge in [0.1, 0.15) is 11.1 Å². The number of carbonyl (C=O) groups is 1. The fourth-order valence-corrected chi connectivity index (χ4v) is 3.60. The van der Waals surface area contributed by atoms with Gasteiger partial charge in [-0.25, -0.2) is 4.98 Å². The molecule has 3 aromatic rings. The van der Waals surface area contributed by atoms with Gasteiger partial charge in [-0.3, -0.25) is 4.79 Å². The fourth-order valence-electron chi connectivity index (χ4n) is 3.43. The third-order valence-corrected chi connectivity index (χ3v) is 5.27. The van der Waals surface area contributed by atoms with Crippen LogP contribution in [0.15, 0.2) is 79.0 Å². The van der Waals surface area contributed by atoms with Crippen LogP contribution in [0.2, 0.25) is 5.02 Å². The quantitative estimate of drug-likeness (QED) is 0.618. The lowest BCUT2D eigenvalue weighted by Gasteiger charge is -2.39. The first-order valence-electron chi connectivity index (χ1n) is 9.35. The Morgan fingerprint density at radius 2 is 1.61 bits per heavy atom. The molecule has 0 aliphatic carbocycles. The molecule has 0 atom stereocenters. The summed E-state index contributed by atoms with van der Waals surface area (Å²) in [5.74, 6) is 0.595. The number of rotatable bonds is 6. The van der Waals surface area contributed by atoms with Crippen molar-refractivity contribution in [1.29, 1.82) is 0 Å². The topological polar surface area (TPSA) is 42.4 Å². The second-order valence-electron chi connectivity index (χ2n) is 6.91. The summed E-state index contributed by atoms with van der Waals surface area (Å²) in [6.07, 6.45) is 2.02.